The lowest BCUT2D eigenvalue weighted by atomic mass is 9.69. The van der Waals surface area contributed by atoms with E-state index in [1.54, 1.807) is 6.92 Å². The maximum absolute atomic E-state index is 13.3. The molecular formula is C32H35BN2O4. The summed E-state index contributed by atoms with van der Waals surface area (Å²) in [5, 5.41) is 4.97. The number of ether oxygens (including phenoxy) is 1. The molecule has 0 spiro atoms. The highest BCUT2D eigenvalue weighted by Crippen LogP contribution is 2.41. The minimum atomic E-state index is -0.882. The van der Waals surface area contributed by atoms with Gasteiger partial charge in [0.15, 0.2) is 5.69 Å². The van der Waals surface area contributed by atoms with Crippen molar-refractivity contribution in [2.45, 2.75) is 45.8 Å². The van der Waals surface area contributed by atoms with Crippen LogP contribution < -0.4 is 5.46 Å². The first kappa shape index (κ1) is 26.9. The lowest BCUT2D eigenvalue weighted by Crippen LogP contribution is -2.58. The molecule has 0 N–H and O–H groups in total. The molecule has 6 nitrogen and oxygen atoms in total. The van der Waals surface area contributed by atoms with Crippen molar-refractivity contribution in [3.63, 3.8) is 0 Å². The minimum Gasteiger partial charge on any atom is -0.461 e. The van der Waals surface area contributed by atoms with Crippen LogP contribution in [-0.4, -0.2) is 41.7 Å². The van der Waals surface area contributed by atoms with Crippen LogP contribution in [0.3, 0.4) is 0 Å². The number of hydrogen-bond donors (Lipinski definition) is 0. The van der Waals surface area contributed by atoms with E-state index < -0.39 is 24.2 Å². The highest BCUT2D eigenvalue weighted by Gasteiger charge is 2.49. The van der Waals surface area contributed by atoms with Crippen molar-refractivity contribution in [2.75, 3.05) is 13.2 Å². The Morgan fingerprint density at radius 2 is 1.38 bits per heavy atom. The SMILES string of the molecule is CCOC(=O)c1nn(C(c2ccccc2)(c2ccccc2)c2ccccc2)cc1B1OCC(C)(C)C(C)(C)O1. The standard InChI is InChI=1S/C32H35BN2O4/c1-6-37-29(36)28-27(33-38-23-30(2,3)31(4,5)39-33)22-35(34-28)32(24-16-10-7-11-17-24,25-18-12-8-13-19-25)26-20-14-9-15-21-26/h7-22H,6,23H2,1-5H3. The fraction of sp³-hybridized carbons (Fsp3) is 0.312. The molecule has 0 unspecified atom stereocenters. The molecule has 200 valence electrons. The molecule has 0 amide bonds. The fourth-order valence-electron chi connectivity index (χ4n) is 5.10. The van der Waals surface area contributed by atoms with E-state index in [0.29, 0.717) is 12.1 Å². The van der Waals surface area contributed by atoms with Gasteiger partial charge in [0.2, 0.25) is 0 Å². The van der Waals surface area contributed by atoms with Crippen molar-refractivity contribution < 1.29 is 18.8 Å². The van der Waals surface area contributed by atoms with Crippen molar-refractivity contribution in [3.05, 3.63) is 120 Å². The van der Waals surface area contributed by atoms with Crippen molar-refractivity contribution >= 4 is 18.6 Å². The number of benzene rings is 3. The van der Waals surface area contributed by atoms with Crippen LogP contribution >= 0.6 is 0 Å². The molecule has 1 saturated heterocycles. The largest absolute Gasteiger partial charge is 0.498 e. The van der Waals surface area contributed by atoms with Gasteiger partial charge >= 0.3 is 13.1 Å². The summed E-state index contributed by atoms with van der Waals surface area (Å²) in [4.78, 5) is 13.3. The normalized spacial score (nSPS) is 16.6. The third kappa shape index (κ3) is 4.70. The highest BCUT2D eigenvalue weighted by atomic mass is 16.6. The van der Waals surface area contributed by atoms with Crippen LogP contribution in [-0.2, 0) is 19.6 Å². The van der Waals surface area contributed by atoms with Gasteiger partial charge in [-0.15, -0.1) is 0 Å². The van der Waals surface area contributed by atoms with Gasteiger partial charge in [0.25, 0.3) is 0 Å². The first-order chi connectivity index (χ1) is 18.7. The molecule has 39 heavy (non-hydrogen) atoms. The molecule has 0 saturated carbocycles. The smallest absolute Gasteiger partial charge is 0.461 e. The first-order valence-corrected chi connectivity index (χ1v) is 13.4. The van der Waals surface area contributed by atoms with Crippen LogP contribution in [0.5, 0.6) is 0 Å². The number of aromatic nitrogens is 2. The maximum Gasteiger partial charge on any atom is 0.498 e. The van der Waals surface area contributed by atoms with Crippen LogP contribution in [0.15, 0.2) is 97.2 Å². The van der Waals surface area contributed by atoms with Crippen molar-refractivity contribution in [1.82, 2.24) is 9.78 Å². The van der Waals surface area contributed by atoms with E-state index in [9.17, 15) is 4.79 Å². The second kappa shape index (κ2) is 10.5. The highest BCUT2D eigenvalue weighted by molar-refractivity contribution is 6.63. The van der Waals surface area contributed by atoms with E-state index in [1.807, 2.05) is 65.5 Å². The molecule has 3 aromatic carbocycles. The van der Waals surface area contributed by atoms with E-state index in [1.165, 1.54) is 0 Å². The van der Waals surface area contributed by atoms with Crippen LogP contribution in [0.25, 0.3) is 0 Å². The van der Waals surface area contributed by atoms with E-state index in [0.717, 1.165) is 16.7 Å². The van der Waals surface area contributed by atoms with Gasteiger partial charge in [-0.05, 0) is 37.5 Å². The predicted molar refractivity (Wildman–Crippen MR) is 153 cm³/mol. The van der Waals surface area contributed by atoms with Crippen molar-refractivity contribution in [1.29, 1.82) is 0 Å². The molecule has 1 aromatic heterocycles. The summed E-state index contributed by atoms with van der Waals surface area (Å²) in [5.41, 5.74) is 2.13. The third-order valence-electron chi connectivity index (χ3n) is 8.01. The van der Waals surface area contributed by atoms with E-state index >= 15 is 0 Å². The Hall–Kier alpha value is -3.68. The summed E-state index contributed by atoms with van der Waals surface area (Å²) in [6, 6.07) is 30.6. The molecule has 0 atom stereocenters. The number of nitrogens with zero attached hydrogens (tertiary/aromatic N) is 2. The summed E-state index contributed by atoms with van der Waals surface area (Å²) >= 11 is 0. The van der Waals surface area contributed by atoms with Gasteiger partial charge in [-0.3, -0.25) is 4.68 Å². The zero-order chi connectivity index (χ0) is 27.7. The summed E-state index contributed by atoms with van der Waals surface area (Å²) in [7, 11) is -0.777. The summed E-state index contributed by atoms with van der Waals surface area (Å²) in [5.74, 6) is -0.510. The van der Waals surface area contributed by atoms with Crippen molar-refractivity contribution in [2.24, 2.45) is 5.41 Å². The van der Waals surface area contributed by atoms with E-state index in [-0.39, 0.29) is 17.7 Å². The lowest BCUT2D eigenvalue weighted by Gasteiger charge is -2.47. The molecule has 7 heteroatoms. The Labute approximate surface area is 231 Å². The van der Waals surface area contributed by atoms with Gasteiger partial charge in [0.05, 0.1) is 12.2 Å². The lowest BCUT2D eigenvalue weighted by molar-refractivity contribution is -0.0937. The summed E-state index contributed by atoms with van der Waals surface area (Å²) in [6.07, 6.45) is 1.89. The molecule has 4 aromatic rings. The van der Waals surface area contributed by atoms with Crippen LogP contribution in [0, 0.1) is 5.41 Å². The van der Waals surface area contributed by atoms with E-state index in [2.05, 4.69) is 64.1 Å². The third-order valence-corrected chi connectivity index (χ3v) is 8.01. The molecule has 1 aliphatic rings. The second-order valence-corrected chi connectivity index (χ2v) is 11.1. The Morgan fingerprint density at radius 1 is 0.897 bits per heavy atom. The fourth-order valence-corrected chi connectivity index (χ4v) is 5.10. The molecule has 2 heterocycles. The van der Waals surface area contributed by atoms with Gasteiger partial charge in [0, 0.05) is 23.7 Å². The average molecular weight is 522 g/mol. The second-order valence-electron chi connectivity index (χ2n) is 11.1. The first-order valence-electron chi connectivity index (χ1n) is 13.4. The summed E-state index contributed by atoms with van der Waals surface area (Å²) < 4.78 is 20.1. The Bertz CT molecular complexity index is 1320. The van der Waals surface area contributed by atoms with Gasteiger partial charge < -0.3 is 14.0 Å². The number of carbonyl (C=O) groups excluding carboxylic acids is 1. The molecule has 0 radical (unpaired) electrons. The quantitative estimate of drug-likeness (QED) is 0.184. The molecule has 1 aliphatic heterocycles. The molecule has 0 bridgehead atoms. The predicted octanol–water partition coefficient (Wildman–Crippen LogP) is 5.45. The topological polar surface area (TPSA) is 62.6 Å². The molecule has 1 fully saturated rings. The van der Waals surface area contributed by atoms with Gasteiger partial charge in [-0.2, -0.15) is 5.10 Å². The van der Waals surface area contributed by atoms with Gasteiger partial charge in [-0.1, -0.05) is 105 Å². The molecule has 5 rings (SSSR count). The van der Waals surface area contributed by atoms with Crippen molar-refractivity contribution in [3.8, 4) is 0 Å². The zero-order valence-electron chi connectivity index (χ0n) is 23.3. The number of rotatable bonds is 7. The van der Waals surface area contributed by atoms with Crippen LogP contribution in [0.1, 0.15) is 61.8 Å². The Balaban J connectivity index is 1.79. The van der Waals surface area contributed by atoms with Gasteiger partial charge in [-0.25, -0.2) is 4.79 Å². The van der Waals surface area contributed by atoms with Crippen LogP contribution in [0.2, 0.25) is 0 Å². The zero-order valence-corrected chi connectivity index (χ0v) is 23.3. The molecular weight excluding hydrogens is 487 g/mol. The molecule has 0 aliphatic carbocycles. The van der Waals surface area contributed by atoms with E-state index in [4.69, 9.17) is 19.1 Å². The van der Waals surface area contributed by atoms with Crippen LogP contribution in [0.4, 0.5) is 0 Å². The summed E-state index contributed by atoms with van der Waals surface area (Å²) in [6.45, 7) is 10.8. The number of hydrogen-bond acceptors (Lipinski definition) is 5. The van der Waals surface area contributed by atoms with Gasteiger partial charge in [0.1, 0.15) is 5.54 Å². The number of carbonyl (C=O) groups is 1. The Morgan fingerprint density at radius 3 is 1.82 bits per heavy atom. The number of esters is 1. The Kier molecular flexibility index (Phi) is 7.23. The minimum absolute atomic E-state index is 0.185. The maximum atomic E-state index is 13.3. The monoisotopic (exact) mass is 522 g/mol. The average Bonchev–Trinajstić information content (AvgIpc) is 3.39.